The monoisotopic (exact) mass is 309 g/mol. The van der Waals surface area contributed by atoms with E-state index in [1.807, 2.05) is 36.4 Å². The number of rotatable bonds is 1. The number of hydrogen-bond acceptors (Lipinski definition) is 0. The van der Waals surface area contributed by atoms with E-state index in [1.54, 1.807) is 0 Å². The van der Waals surface area contributed by atoms with Crippen molar-refractivity contribution in [2.75, 3.05) is 0 Å². The van der Waals surface area contributed by atoms with Crippen LogP contribution in [0.1, 0.15) is 5.56 Å². The fourth-order valence-corrected chi connectivity index (χ4v) is 2.28. The molecule has 0 spiro atoms. The molecule has 0 fully saturated rings. The lowest BCUT2D eigenvalue weighted by Crippen LogP contribution is -1.87. The zero-order valence-corrected chi connectivity index (χ0v) is 10.5. The molecule has 1 aromatic rings. The van der Waals surface area contributed by atoms with Gasteiger partial charge < -0.3 is 0 Å². The maximum absolute atomic E-state index is 3.54. The third kappa shape index (κ3) is 1.88. The Morgan fingerprint density at radius 1 is 1.07 bits per heavy atom. The fraction of sp³-hybridized carbons (Fsp3) is 0. The van der Waals surface area contributed by atoms with E-state index in [1.165, 1.54) is 11.1 Å². The second-order valence-electron chi connectivity index (χ2n) is 2.89. The van der Waals surface area contributed by atoms with Crippen LogP contribution in [-0.2, 0) is 0 Å². The quantitative estimate of drug-likeness (QED) is 0.671. The topological polar surface area (TPSA) is 0 Å². The van der Waals surface area contributed by atoms with E-state index in [9.17, 15) is 0 Å². The van der Waals surface area contributed by atoms with Crippen LogP contribution < -0.4 is 0 Å². The van der Waals surface area contributed by atoms with Crippen molar-refractivity contribution in [3.8, 4) is 0 Å². The van der Waals surface area contributed by atoms with Gasteiger partial charge in [0.15, 0.2) is 0 Å². The summed E-state index contributed by atoms with van der Waals surface area (Å²) in [7, 11) is 0. The molecule has 0 aromatic heterocycles. The Morgan fingerprint density at radius 2 is 1.86 bits per heavy atom. The summed E-state index contributed by atoms with van der Waals surface area (Å²) in [6.45, 7) is 0. The number of benzene rings is 1. The molecule has 0 heterocycles. The van der Waals surface area contributed by atoms with Crippen molar-refractivity contribution in [1.82, 2.24) is 0 Å². The predicted molar refractivity (Wildman–Crippen MR) is 66.9 cm³/mol. The highest BCUT2D eigenvalue weighted by atomic mass is 79.9. The van der Waals surface area contributed by atoms with Gasteiger partial charge in [-0.3, -0.25) is 0 Å². The molecule has 0 saturated heterocycles. The molecule has 68 valence electrons. The Kier molecular flexibility index (Phi) is 2.97. The van der Waals surface area contributed by atoms with Crippen LogP contribution in [-0.4, -0.2) is 0 Å². The first-order valence-corrected chi connectivity index (χ1v) is 5.78. The molecule has 1 aromatic carbocycles. The van der Waals surface area contributed by atoms with Gasteiger partial charge in [-0.25, -0.2) is 0 Å². The molecule has 0 amide bonds. The van der Waals surface area contributed by atoms with E-state index in [0.717, 1.165) is 8.96 Å². The van der Waals surface area contributed by atoms with Gasteiger partial charge >= 0.3 is 0 Å². The van der Waals surface area contributed by atoms with Gasteiger partial charge in [0.1, 0.15) is 22.2 Å². The second-order valence-corrected chi connectivity index (χ2v) is 4.59. The highest BCUT2D eigenvalue weighted by Crippen LogP contribution is 2.31. The third-order valence-corrected chi connectivity index (χ3v) is 3.33. The summed E-state index contributed by atoms with van der Waals surface area (Å²) < 4.78 is 2.17. The standard InChI is InChI=1S/C12H7Br2/c13-11-7-3-1-5-9(11)10-6-2-4-8-12(10)14/h1-3,5-8H/q+1. The molecule has 0 radical (unpaired) electrons. The Labute approximate surface area is 100 Å². The Bertz CT molecular complexity index is 439. The van der Waals surface area contributed by atoms with Crippen molar-refractivity contribution in [1.29, 1.82) is 0 Å². The van der Waals surface area contributed by atoms with Crippen molar-refractivity contribution in [2.24, 2.45) is 0 Å². The van der Waals surface area contributed by atoms with Crippen LogP contribution in [0.5, 0.6) is 0 Å². The lowest BCUT2D eigenvalue weighted by molar-refractivity contribution is 1.55. The van der Waals surface area contributed by atoms with E-state index in [-0.39, 0.29) is 0 Å². The summed E-state index contributed by atoms with van der Waals surface area (Å²) in [4.78, 5) is 0. The minimum absolute atomic E-state index is 1.06. The molecule has 14 heavy (non-hydrogen) atoms. The van der Waals surface area contributed by atoms with E-state index in [2.05, 4.69) is 44.0 Å². The fourth-order valence-electron chi connectivity index (χ4n) is 1.31. The van der Waals surface area contributed by atoms with Crippen LogP contribution in [0.4, 0.5) is 0 Å². The Balaban J connectivity index is 2.56. The molecule has 1 aliphatic rings. The van der Waals surface area contributed by atoms with Crippen LogP contribution in [0.3, 0.4) is 0 Å². The highest BCUT2D eigenvalue weighted by molar-refractivity contribution is 9.12. The molecule has 0 N–H and O–H groups in total. The van der Waals surface area contributed by atoms with E-state index >= 15 is 0 Å². The summed E-state index contributed by atoms with van der Waals surface area (Å²) in [5, 5.41) is 0. The first kappa shape index (κ1) is 9.85. The van der Waals surface area contributed by atoms with Gasteiger partial charge in [-0.15, -0.1) is 0 Å². The molecule has 0 atom stereocenters. The number of halogens is 2. The van der Waals surface area contributed by atoms with Gasteiger partial charge in [-0.05, 0) is 6.07 Å². The summed E-state index contributed by atoms with van der Waals surface area (Å²) in [5.41, 5.74) is 2.37. The third-order valence-electron chi connectivity index (χ3n) is 1.98. The first-order valence-electron chi connectivity index (χ1n) is 4.19. The molecular weight excluding hydrogens is 304 g/mol. The largest absolute Gasteiger partial charge is 0.137 e. The van der Waals surface area contributed by atoms with Crippen LogP contribution in [0.25, 0.3) is 5.57 Å². The predicted octanol–water partition coefficient (Wildman–Crippen LogP) is 4.48. The minimum atomic E-state index is 1.06. The van der Waals surface area contributed by atoms with E-state index in [4.69, 9.17) is 0 Å². The van der Waals surface area contributed by atoms with E-state index < -0.39 is 0 Å². The summed E-state index contributed by atoms with van der Waals surface area (Å²) >= 11 is 7.05. The smallest absolute Gasteiger partial charge is 0.0615 e. The van der Waals surface area contributed by atoms with Crippen molar-refractivity contribution in [3.63, 3.8) is 0 Å². The minimum Gasteiger partial charge on any atom is -0.0615 e. The summed E-state index contributed by atoms with van der Waals surface area (Å²) in [5.74, 6) is 0. The molecule has 2 heteroatoms. The summed E-state index contributed by atoms with van der Waals surface area (Å²) in [6.07, 6.45) is 8.92. The van der Waals surface area contributed by atoms with Crippen molar-refractivity contribution in [3.05, 3.63) is 63.1 Å². The number of hydrogen-bond donors (Lipinski definition) is 0. The van der Waals surface area contributed by atoms with Gasteiger partial charge in [0.05, 0.1) is 6.08 Å². The van der Waals surface area contributed by atoms with Crippen LogP contribution in [0.15, 0.2) is 51.4 Å². The number of allylic oxidation sites excluding steroid dienone is 6. The molecule has 0 bridgehead atoms. The highest BCUT2D eigenvalue weighted by Gasteiger charge is 2.14. The van der Waals surface area contributed by atoms with Gasteiger partial charge in [-0.1, -0.05) is 34.1 Å². The Morgan fingerprint density at radius 3 is 2.57 bits per heavy atom. The zero-order chi connectivity index (χ0) is 9.97. The van der Waals surface area contributed by atoms with E-state index in [0.29, 0.717) is 0 Å². The van der Waals surface area contributed by atoms with Crippen LogP contribution in [0.2, 0.25) is 0 Å². The maximum atomic E-state index is 3.54. The lowest BCUT2D eigenvalue weighted by atomic mass is 10.0. The SMILES string of the molecule is BrC1=C(c2ccccc2Br)C=C[C+]=C1. The molecular formula is C12H7Br2+. The van der Waals surface area contributed by atoms with Gasteiger partial charge in [0.25, 0.3) is 0 Å². The van der Waals surface area contributed by atoms with Crippen molar-refractivity contribution >= 4 is 37.4 Å². The average molecular weight is 311 g/mol. The van der Waals surface area contributed by atoms with Crippen LogP contribution >= 0.6 is 31.9 Å². The van der Waals surface area contributed by atoms with Crippen molar-refractivity contribution in [2.45, 2.75) is 0 Å². The molecule has 0 aliphatic heterocycles. The van der Waals surface area contributed by atoms with Gasteiger partial charge in [0.2, 0.25) is 0 Å². The molecule has 2 rings (SSSR count). The molecule has 1 aliphatic carbocycles. The molecule has 0 saturated carbocycles. The van der Waals surface area contributed by atoms with Gasteiger partial charge in [0, 0.05) is 32.0 Å². The second kappa shape index (κ2) is 4.22. The van der Waals surface area contributed by atoms with Crippen LogP contribution in [0, 0.1) is 6.08 Å². The Hall–Kier alpha value is -0.690. The first-order chi connectivity index (χ1) is 6.79. The summed E-state index contributed by atoms with van der Waals surface area (Å²) in [6, 6.07) is 8.17. The normalized spacial score (nSPS) is 14.4. The molecule has 0 unspecified atom stereocenters. The maximum Gasteiger partial charge on any atom is 0.137 e. The van der Waals surface area contributed by atoms with Gasteiger partial charge in [-0.2, -0.15) is 0 Å². The lowest BCUT2D eigenvalue weighted by Gasteiger charge is -2.02. The molecule has 0 nitrogen and oxygen atoms in total. The zero-order valence-electron chi connectivity index (χ0n) is 7.30. The average Bonchev–Trinajstić information content (AvgIpc) is 2.20. The van der Waals surface area contributed by atoms with Crippen molar-refractivity contribution < 1.29 is 0 Å².